The van der Waals surface area contributed by atoms with Gasteiger partial charge in [-0.3, -0.25) is 19.2 Å². The molecule has 0 saturated heterocycles. The summed E-state index contributed by atoms with van der Waals surface area (Å²) in [6, 6.07) is 5.22. The van der Waals surface area contributed by atoms with Crippen LogP contribution in [0.5, 0.6) is 0 Å². The fraction of sp³-hybridized carbons (Fsp3) is 0.444. The fourth-order valence-corrected chi connectivity index (χ4v) is 2.92. The van der Waals surface area contributed by atoms with Crippen LogP contribution in [-0.2, 0) is 12.8 Å². The molecule has 8 heteroatoms. The molecule has 0 fully saturated rings. The van der Waals surface area contributed by atoms with E-state index >= 15 is 0 Å². The van der Waals surface area contributed by atoms with Gasteiger partial charge >= 0.3 is 6.18 Å². The second-order valence-corrected chi connectivity index (χ2v) is 6.80. The average Bonchev–Trinajstić information content (AvgIpc) is 2.58. The molecular formula is C18H21F3N4O. The zero-order chi connectivity index (χ0) is 19.2. The minimum atomic E-state index is -4.43. The average molecular weight is 366 g/mol. The Hall–Kier alpha value is -2.35. The molecule has 3 rings (SSSR count). The predicted molar refractivity (Wildman–Crippen MR) is 93.4 cm³/mol. The smallest absolute Gasteiger partial charge is 0.298 e. The number of hydrogen-bond donors (Lipinski definition) is 0. The van der Waals surface area contributed by atoms with Crippen molar-refractivity contribution in [2.75, 3.05) is 11.6 Å². The van der Waals surface area contributed by atoms with Crippen LogP contribution in [0.15, 0.2) is 29.1 Å². The maximum Gasteiger partial charge on any atom is 0.416 e. The Morgan fingerprint density at radius 1 is 1.15 bits per heavy atom. The molecule has 2 aromatic rings. The quantitative estimate of drug-likeness (QED) is 0.814. The monoisotopic (exact) mass is 366 g/mol. The molecule has 140 valence electrons. The molecule has 5 nitrogen and oxygen atoms in total. The van der Waals surface area contributed by atoms with Crippen LogP contribution in [0.25, 0.3) is 0 Å². The van der Waals surface area contributed by atoms with E-state index in [0.717, 1.165) is 12.1 Å². The highest BCUT2D eigenvalue weighted by Crippen LogP contribution is 2.34. The van der Waals surface area contributed by atoms with Gasteiger partial charge in [0.15, 0.2) is 0 Å². The van der Waals surface area contributed by atoms with E-state index in [1.165, 1.54) is 10.6 Å². The van der Waals surface area contributed by atoms with E-state index in [1.54, 1.807) is 24.8 Å². The molecule has 0 spiro atoms. The van der Waals surface area contributed by atoms with Crippen LogP contribution in [0.1, 0.15) is 30.7 Å². The maximum atomic E-state index is 13.1. The first-order valence-corrected chi connectivity index (χ1v) is 8.36. The summed E-state index contributed by atoms with van der Waals surface area (Å²) in [4.78, 5) is 20.9. The molecule has 0 aliphatic carbocycles. The Balaban J connectivity index is 2.18. The van der Waals surface area contributed by atoms with Crippen molar-refractivity contribution in [1.82, 2.24) is 14.5 Å². The second kappa shape index (κ2) is 6.42. The Bertz CT molecular complexity index is 889. The van der Waals surface area contributed by atoms with Crippen molar-refractivity contribution in [3.05, 3.63) is 51.4 Å². The highest BCUT2D eigenvalue weighted by molar-refractivity contribution is 5.59. The zero-order valence-corrected chi connectivity index (χ0v) is 15.1. The minimum Gasteiger partial charge on any atom is -0.298 e. The molecule has 0 radical (unpaired) electrons. The number of rotatable bonds is 2. The first kappa shape index (κ1) is 18.4. The van der Waals surface area contributed by atoms with E-state index in [0.29, 0.717) is 36.2 Å². The third-order valence-corrected chi connectivity index (χ3v) is 4.72. The number of fused-ring (bicyclic) bond motifs is 1. The zero-order valence-electron chi connectivity index (χ0n) is 15.1. The predicted octanol–water partition coefficient (Wildman–Crippen LogP) is 3.66. The SMILES string of the molecule is Cc1nc2n(c(=O)c1C)CN(C(C)C)CN2c1cccc(C(F)(F)F)c1. The van der Waals surface area contributed by atoms with Crippen LogP contribution in [0.2, 0.25) is 0 Å². The lowest BCUT2D eigenvalue weighted by molar-refractivity contribution is -0.137. The second-order valence-electron chi connectivity index (χ2n) is 6.80. The lowest BCUT2D eigenvalue weighted by Gasteiger charge is -2.40. The van der Waals surface area contributed by atoms with Gasteiger partial charge in [-0.2, -0.15) is 13.2 Å². The highest BCUT2D eigenvalue weighted by atomic mass is 19.4. The first-order chi connectivity index (χ1) is 12.1. The van der Waals surface area contributed by atoms with Gasteiger partial charge in [0, 0.05) is 23.0 Å². The summed E-state index contributed by atoms with van der Waals surface area (Å²) in [6.07, 6.45) is -4.43. The number of anilines is 2. The van der Waals surface area contributed by atoms with Crippen LogP contribution in [0.3, 0.4) is 0 Å². The van der Waals surface area contributed by atoms with Gasteiger partial charge in [0.25, 0.3) is 5.56 Å². The van der Waals surface area contributed by atoms with Crippen LogP contribution in [0.4, 0.5) is 24.8 Å². The van der Waals surface area contributed by atoms with E-state index in [9.17, 15) is 18.0 Å². The Morgan fingerprint density at radius 3 is 2.46 bits per heavy atom. The van der Waals surface area contributed by atoms with Gasteiger partial charge in [0.05, 0.1) is 18.9 Å². The molecule has 2 heterocycles. The summed E-state index contributed by atoms with van der Waals surface area (Å²) >= 11 is 0. The Kier molecular flexibility index (Phi) is 4.56. The topological polar surface area (TPSA) is 41.4 Å². The van der Waals surface area contributed by atoms with Gasteiger partial charge in [-0.1, -0.05) is 6.07 Å². The van der Waals surface area contributed by atoms with E-state index in [1.807, 2.05) is 18.7 Å². The van der Waals surface area contributed by atoms with Crippen LogP contribution < -0.4 is 10.5 Å². The van der Waals surface area contributed by atoms with Crippen molar-refractivity contribution in [2.45, 2.75) is 46.6 Å². The lowest BCUT2D eigenvalue weighted by atomic mass is 10.1. The van der Waals surface area contributed by atoms with Gasteiger partial charge in [0.2, 0.25) is 5.95 Å². The largest absolute Gasteiger partial charge is 0.416 e. The molecule has 1 aliphatic rings. The molecule has 0 atom stereocenters. The van der Waals surface area contributed by atoms with Crippen molar-refractivity contribution < 1.29 is 13.2 Å². The molecule has 1 aliphatic heterocycles. The van der Waals surface area contributed by atoms with Crippen LogP contribution in [0, 0.1) is 13.8 Å². The first-order valence-electron chi connectivity index (χ1n) is 8.36. The molecular weight excluding hydrogens is 345 g/mol. The number of hydrogen-bond acceptors (Lipinski definition) is 4. The summed E-state index contributed by atoms with van der Waals surface area (Å²) < 4.78 is 40.9. The summed E-state index contributed by atoms with van der Waals surface area (Å²) in [6.45, 7) is 8.12. The number of aromatic nitrogens is 2. The van der Waals surface area contributed by atoms with Crippen molar-refractivity contribution in [1.29, 1.82) is 0 Å². The lowest BCUT2D eigenvalue weighted by Crippen LogP contribution is -2.50. The third kappa shape index (κ3) is 3.21. The third-order valence-electron chi connectivity index (χ3n) is 4.72. The van der Waals surface area contributed by atoms with E-state index in [2.05, 4.69) is 4.98 Å². The summed E-state index contributed by atoms with van der Waals surface area (Å²) in [7, 11) is 0. The van der Waals surface area contributed by atoms with Gasteiger partial charge < -0.3 is 0 Å². The fourth-order valence-electron chi connectivity index (χ4n) is 2.92. The number of nitrogens with zero attached hydrogens (tertiary/aromatic N) is 4. The highest BCUT2D eigenvalue weighted by Gasteiger charge is 2.33. The molecule has 0 amide bonds. The summed E-state index contributed by atoms with van der Waals surface area (Å²) in [5.41, 5.74) is 0.581. The Morgan fingerprint density at radius 2 is 1.85 bits per heavy atom. The summed E-state index contributed by atoms with van der Waals surface area (Å²) in [5.74, 6) is 0.370. The molecule has 1 aromatic heterocycles. The number of halogens is 3. The van der Waals surface area contributed by atoms with E-state index < -0.39 is 11.7 Å². The molecule has 1 aromatic carbocycles. The van der Waals surface area contributed by atoms with Crippen molar-refractivity contribution >= 4 is 11.6 Å². The van der Waals surface area contributed by atoms with Crippen molar-refractivity contribution in [3.8, 4) is 0 Å². The van der Waals surface area contributed by atoms with Crippen molar-refractivity contribution in [3.63, 3.8) is 0 Å². The maximum absolute atomic E-state index is 13.1. The molecule has 0 bridgehead atoms. The van der Waals surface area contributed by atoms with E-state index in [-0.39, 0.29) is 11.6 Å². The van der Waals surface area contributed by atoms with Gasteiger partial charge in [-0.15, -0.1) is 0 Å². The minimum absolute atomic E-state index is 0.116. The van der Waals surface area contributed by atoms with Gasteiger partial charge in [-0.25, -0.2) is 4.98 Å². The van der Waals surface area contributed by atoms with E-state index in [4.69, 9.17) is 0 Å². The molecule has 0 unspecified atom stereocenters. The molecule has 0 N–H and O–H groups in total. The van der Waals surface area contributed by atoms with Crippen LogP contribution in [-0.4, -0.2) is 27.2 Å². The number of benzene rings is 1. The van der Waals surface area contributed by atoms with Crippen LogP contribution >= 0.6 is 0 Å². The summed E-state index contributed by atoms with van der Waals surface area (Å²) in [5, 5.41) is 0. The standard InChI is InChI=1S/C18H21F3N4O/c1-11(2)23-9-24(15-7-5-6-14(8-15)18(19,20)21)17-22-13(4)12(3)16(26)25(17)10-23/h5-8,11H,9-10H2,1-4H3. The molecule has 0 saturated carbocycles. The Labute approximate surface area is 149 Å². The van der Waals surface area contributed by atoms with Gasteiger partial charge in [-0.05, 0) is 45.9 Å². The number of alkyl halides is 3. The molecule has 26 heavy (non-hydrogen) atoms. The number of aryl methyl sites for hydroxylation is 1. The van der Waals surface area contributed by atoms with Gasteiger partial charge in [0.1, 0.15) is 0 Å². The normalized spacial score (nSPS) is 15.5. The van der Waals surface area contributed by atoms with Crippen molar-refractivity contribution in [2.24, 2.45) is 0 Å².